The second-order valence-electron chi connectivity index (χ2n) is 14.1. The molecule has 0 N–H and O–H groups in total. The van der Waals surface area contributed by atoms with Crippen molar-refractivity contribution < 1.29 is 0 Å². The lowest BCUT2D eigenvalue weighted by atomic mass is 9.60. The van der Waals surface area contributed by atoms with Gasteiger partial charge < -0.3 is 0 Å². The Balaban J connectivity index is 1.43. The zero-order valence-electron chi connectivity index (χ0n) is 30.1. The Kier molecular flexibility index (Phi) is 8.73. The summed E-state index contributed by atoms with van der Waals surface area (Å²) in [6, 6.07) is 29.3. The SMILES string of the molecule is [B]C1=C([B])C2C(=C1[B])C(c1cccc(-c3nc4ccccc4n3-c3c([B])c([B])c([B])c([B])c3[B])c1)=c1c([B])c([B])c([B])c([B])c1=C2c1cccc2ccccc12. The van der Waals surface area contributed by atoms with E-state index in [1.165, 1.54) is 0 Å². The molecule has 1 atom stereocenters. The number of allylic oxidation sites excluding steroid dienone is 4. The molecule has 0 spiro atoms. The molecule has 9 rings (SSSR count). The van der Waals surface area contributed by atoms with Crippen LogP contribution in [0.5, 0.6) is 0 Å². The Bertz CT molecular complexity index is 3090. The van der Waals surface area contributed by atoms with E-state index in [1.807, 2.05) is 95.6 Å². The molecule has 6 aromatic carbocycles. The van der Waals surface area contributed by atoms with Crippen molar-refractivity contribution in [2.45, 2.75) is 0 Å². The minimum atomic E-state index is -0.624. The summed E-state index contributed by atoms with van der Waals surface area (Å²) in [5, 5.41) is 3.11. The zero-order valence-corrected chi connectivity index (χ0v) is 30.1. The van der Waals surface area contributed by atoms with E-state index in [0.29, 0.717) is 66.2 Å². The molecular formula is C42H16B12N2. The Hall–Kier alpha value is -4.95. The van der Waals surface area contributed by atoms with Gasteiger partial charge in [0.05, 0.1) is 11.0 Å². The normalized spacial score (nSPS) is 15.2. The number of nitrogens with zero attached hydrogens (tertiary/aromatic N) is 2. The molecule has 7 aromatic rings. The molecule has 230 valence electrons. The lowest BCUT2D eigenvalue weighted by molar-refractivity contribution is 1.01. The van der Waals surface area contributed by atoms with Crippen LogP contribution in [0.3, 0.4) is 0 Å². The Morgan fingerprint density at radius 3 is 1.79 bits per heavy atom. The quantitative estimate of drug-likeness (QED) is 0.174. The fourth-order valence-electron chi connectivity index (χ4n) is 8.38. The Morgan fingerprint density at radius 2 is 1.05 bits per heavy atom. The van der Waals surface area contributed by atoms with Crippen molar-refractivity contribution in [1.82, 2.24) is 9.55 Å². The molecule has 0 aliphatic heterocycles. The molecule has 14 heteroatoms. The number of hydrogen-bond donors (Lipinski definition) is 0. The highest BCUT2D eigenvalue weighted by atomic mass is 15.1. The number of para-hydroxylation sites is 2. The topological polar surface area (TPSA) is 17.8 Å². The van der Waals surface area contributed by atoms with Crippen molar-refractivity contribution in [2.75, 3.05) is 0 Å². The Labute approximate surface area is 341 Å². The van der Waals surface area contributed by atoms with Gasteiger partial charge in [-0.2, -0.15) is 0 Å². The van der Waals surface area contributed by atoms with Crippen molar-refractivity contribution in [3.05, 3.63) is 135 Å². The minimum absolute atomic E-state index is 0.102. The fraction of sp³-hybridized carbons (Fsp3) is 0.0238. The van der Waals surface area contributed by atoms with Gasteiger partial charge in [0.2, 0.25) is 0 Å². The first-order chi connectivity index (χ1) is 26.8. The van der Waals surface area contributed by atoms with Gasteiger partial charge >= 0.3 is 0 Å². The number of hydrogen-bond acceptors (Lipinski definition) is 1. The molecule has 0 saturated carbocycles. The van der Waals surface area contributed by atoms with Gasteiger partial charge in [0.1, 0.15) is 100.0 Å². The summed E-state index contributed by atoms with van der Waals surface area (Å²) >= 11 is 0. The van der Waals surface area contributed by atoms with Crippen LogP contribution in [0, 0.1) is 5.92 Å². The van der Waals surface area contributed by atoms with E-state index in [4.69, 9.17) is 99.1 Å². The van der Waals surface area contributed by atoms with E-state index in [0.717, 1.165) is 21.9 Å². The van der Waals surface area contributed by atoms with Gasteiger partial charge in [-0.25, -0.2) is 4.98 Å². The average molecular weight is 678 g/mol. The second kappa shape index (κ2) is 13.3. The molecule has 56 heavy (non-hydrogen) atoms. The number of fused-ring (bicyclic) bond motifs is 4. The largest absolute Gasteiger partial charge is 0.294 e. The maximum atomic E-state index is 7.01. The Morgan fingerprint density at radius 1 is 0.482 bits per heavy atom. The summed E-state index contributed by atoms with van der Waals surface area (Å²) in [6.07, 6.45) is 0. The van der Waals surface area contributed by atoms with E-state index in [9.17, 15) is 0 Å². The highest BCUT2D eigenvalue weighted by molar-refractivity contribution is 6.68. The third kappa shape index (κ3) is 5.10. The zero-order chi connectivity index (χ0) is 39.5. The summed E-state index contributed by atoms with van der Waals surface area (Å²) in [5.74, 6) is -0.136. The molecule has 0 fully saturated rings. The maximum Gasteiger partial charge on any atom is 0.145 e. The van der Waals surface area contributed by atoms with Gasteiger partial charge in [0.15, 0.2) is 0 Å². The van der Waals surface area contributed by atoms with E-state index >= 15 is 0 Å². The molecule has 0 amide bonds. The molecule has 2 aliphatic rings. The van der Waals surface area contributed by atoms with Crippen LogP contribution in [0.1, 0.15) is 11.1 Å². The minimum Gasteiger partial charge on any atom is -0.294 e. The number of rotatable bonds is 4. The lowest BCUT2D eigenvalue weighted by Gasteiger charge is -2.33. The van der Waals surface area contributed by atoms with Gasteiger partial charge in [-0.1, -0.05) is 100 Å². The molecular weight excluding hydrogens is 662 g/mol. The second-order valence-corrected chi connectivity index (χ2v) is 14.1. The molecule has 2 nitrogen and oxygen atoms in total. The summed E-state index contributed by atoms with van der Waals surface area (Å²) in [5.41, 5.74) is 8.35. The molecule has 24 radical (unpaired) electrons. The van der Waals surface area contributed by atoms with Crippen LogP contribution >= 0.6 is 0 Å². The highest BCUT2D eigenvalue weighted by Crippen LogP contribution is 2.48. The first-order valence-corrected chi connectivity index (χ1v) is 17.7. The van der Waals surface area contributed by atoms with Crippen molar-refractivity contribution in [3.63, 3.8) is 0 Å². The van der Waals surface area contributed by atoms with Crippen LogP contribution in [-0.2, 0) is 0 Å². The molecule has 0 saturated heterocycles. The molecule has 1 aromatic heterocycles. The third-order valence-electron chi connectivity index (χ3n) is 11.2. The van der Waals surface area contributed by atoms with Gasteiger partial charge in [-0.05, 0) is 67.3 Å². The van der Waals surface area contributed by atoms with Crippen LogP contribution in [0.4, 0.5) is 0 Å². The van der Waals surface area contributed by atoms with E-state index in [2.05, 4.69) is 0 Å². The van der Waals surface area contributed by atoms with Gasteiger partial charge in [0.25, 0.3) is 0 Å². The number of aromatic nitrogens is 2. The molecule has 1 unspecified atom stereocenters. The van der Waals surface area contributed by atoms with E-state index in [-0.39, 0.29) is 54.6 Å². The predicted octanol–water partition coefficient (Wildman–Crippen LogP) is -4.00. The lowest BCUT2D eigenvalue weighted by Crippen LogP contribution is -2.66. The van der Waals surface area contributed by atoms with Crippen molar-refractivity contribution in [2.24, 2.45) is 5.92 Å². The molecule has 0 bridgehead atoms. The fourth-order valence-corrected chi connectivity index (χ4v) is 8.38. The monoisotopic (exact) mass is 680 g/mol. The molecule has 2 aliphatic carbocycles. The number of imidazole rings is 1. The third-order valence-corrected chi connectivity index (χ3v) is 11.2. The summed E-state index contributed by atoms with van der Waals surface area (Å²) in [6.45, 7) is 0. The summed E-state index contributed by atoms with van der Waals surface area (Å²) in [7, 11) is 80.1. The van der Waals surface area contributed by atoms with Crippen LogP contribution in [0.15, 0.2) is 113 Å². The van der Waals surface area contributed by atoms with Crippen LogP contribution in [0.2, 0.25) is 0 Å². The van der Waals surface area contributed by atoms with Gasteiger partial charge in [-0.15, -0.1) is 38.3 Å². The van der Waals surface area contributed by atoms with Gasteiger partial charge in [0, 0.05) is 17.2 Å². The number of benzene rings is 6. The van der Waals surface area contributed by atoms with Crippen LogP contribution in [-0.4, -0.2) is 104 Å². The smallest absolute Gasteiger partial charge is 0.145 e. The average Bonchev–Trinajstić information content (AvgIpc) is 3.70. The first-order valence-electron chi connectivity index (χ1n) is 17.7. The standard InChI is InChI=1S/C42H16B12N2/c43-29-25-23(17-9-5-10-18(15-17)42-55-21-13-3-4-14-22(21)56(42)41-39(53)37(51)36(50)38(52)40(41)54)26-28(32(46)35(49)34(48)30(26)44)24(27(25)31(45)33(29)47)20-12-6-8-16-7-1-2-11-19(16)20/h1-15,27H. The van der Waals surface area contributed by atoms with Crippen molar-refractivity contribution in [3.8, 4) is 17.1 Å². The maximum absolute atomic E-state index is 7.01. The highest BCUT2D eigenvalue weighted by Gasteiger charge is 2.37. The van der Waals surface area contributed by atoms with Gasteiger partial charge in [-0.3, -0.25) is 4.57 Å². The van der Waals surface area contributed by atoms with E-state index in [1.54, 1.807) is 0 Å². The van der Waals surface area contributed by atoms with Crippen LogP contribution in [0.25, 0.3) is 50.0 Å². The predicted molar refractivity (Wildman–Crippen MR) is 244 cm³/mol. The molecule has 1 heterocycles. The first kappa shape index (κ1) is 36.7. The van der Waals surface area contributed by atoms with Crippen LogP contribution < -0.4 is 59.6 Å². The van der Waals surface area contributed by atoms with Crippen molar-refractivity contribution >= 4 is 176 Å². The van der Waals surface area contributed by atoms with Crippen molar-refractivity contribution in [1.29, 1.82) is 0 Å². The van der Waals surface area contributed by atoms with E-state index < -0.39 is 5.92 Å². The summed E-state index contributed by atoms with van der Waals surface area (Å²) in [4.78, 5) is 5.06. The summed E-state index contributed by atoms with van der Waals surface area (Å²) < 4.78 is 1.83.